The zero-order chi connectivity index (χ0) is 41.4. The second-order valence-electron chi connectivity index (χ2n) is 17.6. The highest BCUT2D eigenvalue weighted by molar-refractivity contribution is 5.76. The number of allylic oxidation sites excluding steroid dienone is 5. The largest absolute Gasteiger partial charge is 0.394 e. The van der Waals surface area contributed by atoms with Gasteiger partial charge in [-0.15, -0.1) is 0 Å². The first-order valence-electron chi connectivity index (χ1n) is 25.7. The Hall–Kier alpha value is -1.39. The van der Waals surface area contributed by atoms with Gasteiger partial charge in [0.25, 0.3) is 0 Å². The summed E-state index contributed by atoms with van der Waals surface area (Å²) in [5.41, 5.74) is 0. The monoisotopic (exact) mass is 800 g/mol. The molecule has 0 rings (SSSR count). The molecule has 0 saturated carbocycles. The Kier molecular flexibility index (Phi) is 47.8. The van der Waals surface area contributed by atoms with E-state index in [1.165, 1.54) is 225 Å². The number of rotatable bonds is 47. The average molecular weight is 800 g/mol. The number of hydrogen-bond donors (Lipinski definition) is 3. The standard InChI is InChI=1S/C53H101NO3/c1-3-5-7-9-11-13-15-17-18-19-20-21-22-23-24-25-26-27-28-29-30-31-32-33-34-35-36-37-39-41-43-45-47-49-53(57)54-51(50-55)52(56)48-46-44-42-40-38-16-14-12-10-8-6-4-2/h20-21,23-24,46,48,51-52,55-56H,3-19,22,25-45,47,49-50H2,1-2H3,(H,54,57)/b21-20-,24-23-,48-46+. The maximum atomic E-state index is 12.4. The quantitative estimate of drug-likeness (QED) is 0.0424. The van der Waals surface area contributed by atoms with Crippen LogP contribution in [0.5, 0.6) is 0 Å². The number of carbonyl (C=O) groups is 1. The van der Waals surface area contributed by atoms with E-state index in [0.29, 0.717) is 6.42 Å². The summed E-state index contributed by atoms with van der Waals surface area (Å²) in [5, 5.41) is 23.0. The molecule has 2 atom stereocenters. The van der Waals surface area contributed by atoms with E-state index in [2.05, 4.69) is 43.5 Å². The molecular formula is C53H101NO3. The minimum absolute atomic E-state index is 0.0622. The Balaban J connectivity index is 3.43. The summed E-state index contributed by atoms with van der Waals surface area (Å²) >= 11 is 0. The van der Waals surface area contributed by atoms with Crippen molar-refractivity contribution in [1.29, 1.82) is 0 Å². The summed E-state index contributed by atoms with van der Waals surface area (Å²) < 4.78 is 0. The minimum Gasteiger partial charge on any atom is -0.394 e. The van der Waals surface area contributed by atoms with Crippen LogP contribution in [0.15, 0.2) is 36.5 Å². The number of aliphatic hydroxyl groups is 2. The number of amides is 1. The number of carbonyl (C=O) groups excluding carboxylic acids is 1. The first-order valence-corrected chi connectivity index (χ1v) is 25.7. The summed E-state index contributed by atoms with van der Waals surface area (Å²) in [6.07, 6.45) is 65.8. The molecule has 0 aromatic rings. The van der Waals surface area contributed by atoms with Gasteiger partial charge in [0, 0.05) is 6.42 Å². The number of unbranched alkanes of at least 4 members (excludes halogenated alkanes) is 36. The van der Waals surface area contributed by atoms with Crippen LogP contribution >= 0.6 is 0 Å². The average Bonchev–Trinajstić information content (AvgIpc) is 3.22. The molecule has 57 heavy (non-hydrogen) atoms. The lowest BCUT2D eigenvalue weighted by Crippen LogP contribution is -2.45. The van der Waals surface area contributed by atoms with Crippen LogP contribution in [0.3, 0.4) is 0 Å². The molecule has 0 radical (unpaired) electrons. The molecule has 4 heteroatoms. The molecule has 0 aliphatic carbocycles. The Bertz CT molecular complexity index is 866. The van der Waals surface area contributed by atoms with Gasteiger partial charge in [-0.1, -0.05) is 256 Å². The fraction of sp³-hybridized carbons (Fsp3) is 0.868. The van der Waals surface area contributed by atoms with E-state index < -0.39 is 12.1 Å². The van der Waals surface area contributed by atoms with E-state index in [1.807, 2.05) is 6.08 Å². The summed E-state index contributed by atoms with van der Waals surface area (Å²) in [5.74, 6) is -0.0622. The van der Waals surface area contributed by atoms with Crippen LogP contribution in [0.1, 0.15) is 277 Å². The fourth-order valence-electron chi connectivity index (χ4n) is 7.92. The van der Waals surface area contributed by atoms with Crippen molar-refractivity contribution in [2.45, 2.75) is 289 Å². The Morgan fingerprint density at radius 2 is 0.719 bits per heavy atom. The highest BCUT2D eigenvalue weighted by Crippen LogP contribution is 2.16. The van der Waals surface area contributed by atoms with Gasteiger partial charge in [-0.25, -0.2) is 0 Å². The van der Waals surface area contributed by atoms with Gasteiger partial charge in [-0.3, -0.25) is 4.79 Å². The molecule has 0 saturated heterocycles. The number of aliphatic hydroxyl groups excluding tert-OH is 2. The van der Waals surface area contributed by atoms with Gasteiger partial charge in [0.15, 0.2) is 0 Å². The van der Waals surface area contributed by atoms with E-state index in [0.717, 1.165) is 32.1 Å². The maximum absolute atomic E-state index is 12.4. The molecule has 0 aromatic carbocycles. The zero-order valence-electron chi connectivity index (χ0n) is 38.6. The lowest BCUT2D eigenvalue weighted by Gasteiger charge is -2.20. The van der Waals surface area contributed by atoms with Gasteiger partial charge in [0.2, 0.25) is 5.91 Å². The first kappa shape index (κ1) is 55.6. The summed E-state index contributed by atoms with van der Waals surface area (Å²) in [7, 11) is 0. The first-order chi connectivity index (χ1) is 28.2. The van der Waals surface area contributed by atoms with Crippen molar-refractivity contribution in [1.82, 2.24) is 5.32 Å². The van der Waals surface area contributed by atoms with Crippen LogP contribution in [-0.4, -0.2) is 34.9 Å². The fourth-order valence-corrected chi connectivity index (χ4v) is 7.92. The van der Waals surface area contributed by atoms with E-state index in [-0.39, 0.29) is 12.5 Å². The van der Waals surface area contributed by atoms with Crippen LogP contribution in [0.2, 0.25) is 0 Å². The Labute approximate surface area is 357 Å². The number of nitrogens with one attached hydrogen (secondary N) is 1. The predicted molar refractivity (Wildman–Crippen MR) is 253 cm³/mol. The molecule has 0 aromatic heterocycles. The van der Waals surface area contributed by atoms with Gasteiger partial charge in [0.05, 0.1) is 18.8 Å². The minimum atomic E-state index is -0.836. The Morgan fingerprint density at radius 1 is 0.421 bits per heavy atom. The summed E-state index contributed by atoms with van der Waals surface area (Å²) in [4.78, 5) is 12.4. The van der Waals surface area contributed by atoms with Crippen LogP contribution in [0, 0.1) is 0 Å². The third kappa shape index (κ3) is 45.5. The molecule has 0 bridgehead atoms. The molecule has 1 amide bonds. The van der Waals surface area contributed by atoms with Crippen molar-refractivity contribution in [2.24, 2.45) is 0 Å². The lowest BCUT2D eigenvalue weighted by molar-refractivity contribution is -0.123. The number of hydrogen-bond acceptors (Lipinski definition) is 3. The topological polar surface area (TPSA) is 69.6 Å². The maximum Gasteiger partial charge on any atom is 0.220 e. The normalized spacial score (nSPS) is 13.1. The molecule has 0 aliphatic rings. The lowest BCUT2D eigenvalue weighted by atomic mass is 10.0. The van der Waals surface area contributed by atoms with Crippen molar-refractivity contribution in [2.75, 3.05) is 6.61 Å². The molecule has 0 fully saturated rings. The van der Waals surface area contributed by atoms with Crippen LogP contribution in [-0.2, 0) is 4.79 Å². The predicted octanol–water partition coefficient (Wildman–Crippen LogP) is 16.5. The third-order valence-corrected chi connectivity index (χ3v) is 11.9. The smallest absolute Gasteiger partial charge is 0.220 e. The molecule has 3 N–H and O–H groups in total. The van der Waals surface area contributed by atoms with Crippen molar-refractivity contribution < 1.29 is 15.0 Å². The van der Waals surface area contributed by atoms with Gasteiger partial charge >= 0.3 is 0 Å². The highest BCUT2D eigenvalue weighted by Gasteiger charge is 2.18. The van der Waals surface area contributed by atoms with Crippen LogP contribution in [0.25, 0.3) is 0 Å². The molecule has 2 unspecified atom stereocenters. The van der Waals surface area contributed by atoms with E-state index in [4.69, 9.17) is 0 Å². The van der Waals surface area contributed by atoms with Crippen molar-refractivity contribution in [3.63, 3.8) is 0 Å². The summed E-state index contributed by atoms with van der Waals surface area (Å²) in [6, 6.07) is -0.619. The second kappa shape index (κ2) is 49.0. The van der Waals surface area contributed by atoms with Gasteiger partial charge < -0.3 is 15.5 Å². The van der Waals surface area contributed by atoms with Crippen molar-refractivity contribution in [3.8, 4) is 0 Å². The van der Waals surface area contributed by atoms with Crippen molar-refractivity contribution in [3.05, 3.63) is 36.5 Å². The van der Waals surface area contributed by atoms with Crippen LogP contribution < -0.4 is 5.32 Å². The summed E-state index contributed by atoms with van der Waals surface area (Å²) in [6.45, 7) is 4.31. The van der Waals surface area contributed by atoms with Crippen LogP contribution in [0.4, 0.5) is 0 Å². The molecule has 4 nitrogen and oxygen atoms in total. The van der Waals surface area contributed by atoms with Gasteiger partial charge in [0.1, 0.15) is 0 Å². The van der Waals surface area contributed by atoms with Gasteiger partial charge in [-0.2, -0.15) is 0 Å². The van der Waals surface area contributed by atoms with E-state index >= 15 is 0 Å². The molecule has 0 aliphatic heterocycles. The molecule has 336 valence electrons. The third-order valence-electron chi connectivity index (χ3n) is 11.9. The van der Waals surface area contributed by atoms with Gasteiger partial charge in [-0.05, 0) is 51.4 Å². The zero-order valence-corrected chi connectivity index (χ0v) is 38.6. The molecule has 0 heterocycles. The molecular weight excluding hydrogens is 699 g/mol. The van der Waals surface area contributed by atoms with E-state index in [1.54, 1.807) is 6.08 Å². The van der Waals surface area contributed by atoms with Crippen molar-refractivity contribution >= 4 is 5.91 Å². The SMILES string of the molecule is CCCCCCCCCCC/C=C\C/C=C\CCCCCCCCCCCCCCCCCCCC(=O)NC(CO)C(O)/C=C/CCCCCCCCCCCC. The van der Waals surface area contributed by atoms with E-state index in [9.17, 15) is 15.0 Å². The highest BCUT2D eigenvalue weighted by atomic mass is 16.3. The molecule has 0 spiro atoms. The second-order valence-corrected chi connectivity index (χ2v) is 17.6. The Morgan fingerprint density at radius 3 is 1.05 bits per heavy atom.